The Kier molecular flexibility index (Phi) is 12.5. The number of anilines is 2. The highest BCUT2D eigenvalue weighted by Gasteiger charge is 2.18. The van der Waals surface area contributed by atoms with Crippen LogP contribution in [-0.2, 0) is 0 Å². The highest BCUT2D eigenvalue weighted by molar-refractivity contribution is 6.03. The van der Waals surface area contributed by atoms with Gasteiger partial charge < -0.3 is 41.0 Å². The van der Waals surface area contributed by atoms with Gasteiger partial charge >= 0.3 is 6.03 Å². The Hall–Kier alpha value is -3.51. The Morgan fingerprint density at radius 1 is 0.690 bits per heavy atom. The van der Waals surface area contributed by atoms with E-state index in [4.69, 9.17) is 9.47 Å². The van der Waals surface area contributed by atoms with Gasteiger partial charge in [0, 0.05) is 35.5 Å². The van der Waals surface area contributed by atoms with E-state index in [0.29, 0.717) is 36.0 Å². The molecule has 0 spiro atoms. The maximum absolute atomic E-state index is 12.7. The molecular formula is C31H46N4O7. The highest BCUT2D eigenvalue weighted by Crippen LogP contribution is 2.26. The van der Waals surface area contributed by atoms with Gasteiger partial charge in [0.2, 0.25) is 0 Å². The first-order valence-electron chi connectivity index (χ1n) is 13.9. The second-order valence-electron chi connectivity index (χ2n) is 12.3. The number of ketones is 2. The molecule has 232 valence electrons. The zero-order valence-corrected chi connectivity index (χ0v) is 25.9. The van der Waals surface area contributed by atoms with Crippen molar-refractivity contribution in [2.24, 2.45) is 0 Å². The predicted molar refractivity (Wildman–Crippen MR) is 164 cm³/mol. The molecule has 0 saturated heterocycles. The number of amides is 2. The third-order valence-corrected chi connectivity index (χ3v) is 5.83. The average Bonchev–Trinajstić information content (AvgIpc) is 2.88. The maximum Gasteiger partial charge on any atom is 0.323 e. The SMILES string of the molecule is CC(=O)c1cc(NC(=O)Nc2ccc(OCC(O)CNC(C)(C)C)c(C(C)=O)c2)ccc1OCC(O)CNC(C)(C)C. The summed E-state index contributed by atoms with van der Waals surface area (Å²) >= 11 is 0. The molecule has 2 aromatic rings. The molecule has 0 aliphatic rings. The van der Waals surface area contributed by atoms with E-state index in [1.807, 2.05) is 41.5 Å². The highest BCUT2D eigenvalue weighted by atomic mass is 16.5. The summed E-state index contributed by atoms with van der Waals surface area (Å²) in [5.74, 6) is 0.0586. The van der Waals surface area contributed by atoms with Crippen molar-refractivity contribution in [2.75, 3.05) is 36.9 Å². The molecule has 6 N–H and O–H groups in total. The van der Waals surface area contributed by atoms with Gasteiger partial charge in [0.15, 0.2) is 11.6 Å². The number of aliphatic hydroxyl groups is 2. The number of carbonyl (C=O) groups is 3. The third-order valence-electron chi connectivity index (χ3n) is 5.83. The van der Waals surface area contributed by atoms with Gasteiger partial charge in [0.25, 0.3) is 0 Å². The van der Waals surface area contributed by atoms with Gasteiger partial charge in [0.05, 0.1) is 11.1 Å². The number of hydrogen-bond acceptors (Lipinski definition) is 9. The van der Waals surface area contributed by atoms with E-state index >= 15 is 0 Å². The van der Waals surface area contributed by atoms with Crippen molar-refractivity contribution < 1.29 is 34.1 Å². The number of nitrogens with one attached hydrogen (secondary N) is 4. The van der Waals surface area contributed by atoms with Crippen molar-refractivity contribution in [1.29, 1.82) is 0 Å². The average molecular weight is 587 g/mol. The fourth-order valence-electron chi connectivity index (χ4n) is 3.65. The summed E-state index contributed by atoms with van der Waals surface area (Å²) in [6.07, 6.45) is -1.56. The summed E-state index contributed by atoms with van der Waals surface area (Å²) in [6, 6.07) is 8.68. The maximum atomic E-state index is 12.7. The molecule has 2 aromatic carbocycles. The Morgan fingerprint density at radius 3 is 1.36 bits per heavy atom. The largest absolute Gasteiger partial charge is 0.490 e. The lowest BCUT2D eigenvalue weighted by Gasteiger charge is -2.23. The summed E-state index contributed by atoms with van der Waals surface area (Å²) in [7, 11) is 0. The molecule has 0 heterocycles. The third kappa shape index (κ3) is 12.6. The molecule has 0 aliphatic heterocycles. The molecule has 11 heteroatoms. The smallest absolute Gasteiger partial charge is 0.323 e. The molecule has 0 saturated carbocycles. The van der Waals surface area contributed by atoms with Crippen LogP contribution in [0.25, 0.3) is 0 Å². The van der Waals surface area contributed by atoms with Crippen molar-refractivity contribution in [3.05, 3.63) is 47.5 Å². The Morgan fingerprint density at radius 2 is 1.05 bits per heavy atom. The van der Waals surface area contributed by atoms with Gasteiger partial charge in [0.1, 0.15) is 36.9 Å². The number of benzene rings is 2. The molecule has 0 radical (unpaired) electrons. The minimum atomic E-state index is -0.778. The van der Waals surface area contributed by atoms with Crippen LogP contribution in [0.1, 0.15) is 76.1 Å². The molecule has 0 bridgehead atoms. The monoisotopic (exact) mass is 586 g/mol. The summed E-state index contributed by atoms with van der Waals surface area (Å²) in [4.78, 5) is 37.2. The zero-order chi connectivity index (χ0) is 31.7. The minimum absolute atomic E-state index is 0.0123. The molecule has 11 nitrogen and oxygen atoms in total. The summed E-state index contributed by atoms with van der Waals surface area (Å²) in [5.41, 5.74) is 0.897. The molecule has 2 atom stereocenters. The van der Waals surface area contributed by atoms with E-state index < -0.39 is 18.2 Å². The first-order valence-corrected chi connectivity index (χ1v) is 13.9. The Bertz CT molecular complexity index is 1140. The molecule has 2 amide bonds. The van der Waals surface area contributed by atoms with E-state index in [-0.39, 0.29) is 47.0 Å². The molecular weight excluding hydrogens is 540 g/mol. The van der Waals surface area contributed by atoms with Crippen molar-refractivity contribution in [3.63, 3.8) is 0 Å². The fraction of sp³-hybridized carbons (Fsp3) is 0.516. The van der Waals surface area contributed by atoms with E-state index in [1.165, 1.54) is 26.0 Å². The summed E-state index contributed by atoms with van der Waals surface area (Å²) in [6.45, 7) is 15.3. The van der Waals surface area contributed by atoms with Gasteiger partial charge in [-0.25, -0.2) is 4.79 Å². The van der Waals surface area contributed by atoms with E-state index in [9.17, 15) is 24.6 Å². The van der Waals surface area contributed by atoms with Crippen LogP contribution in [-0.4, -0.2) is 77.4 Å². The van der Waals surface area contributed by atoms with Gasteiger partial charge in [-0.3, -0.25) is 9.59 Å². The molecule has 2 rings (SSSR count). The van der Waals surface area contributed by atoms with Gasteiger partial charge in [-0.2, -0.15) is 0 Å². The number of hydrogen-bond donors (Lipinski definition) is 6. The first-order chi connectivity index (χ1) is 19.4. The van der Waals surface area contributed by atoms with Gasteiger partial charge in [-0.1, -0.05) is 0 Å². The second kappa shape index (κ2) is 15.1. The molecule has 0 aliphatic carbocycles. The molecule has 0 aromatic heterocycles. The molecule has 2 unspecified atom stereocenters. The van der Waals surface area contributed by atoms with Crippen LogP contribution in [0.2, 0.25) is 0 Å². The van der Waals surface area contributed by atoms with Crippen LogP contribution >= 0.6 is 0 Å². The number of β-amino-alcohol motifs (C(OH)–C–C–N with tert-alkyl or cyclic N) is 2. The quantitative estimate of drug-likeness (QED) is 0.180. The minimum Gasteiger partial charge on any atom is -0.490 e. The molecule has 42 heavy (non-hydrogen) atoms. The van der Waals surface area contributed by atoms with Crippen LogP contribution in [0.4, 0.5) is 16.2 Å². The lowest BCUT2D eigenvalue weighted by atomic mass is 10.1. The van der Waals surface area contributed by atoms with Crippen molar-refractivity contribution in [1.82, 2.24) is 10.6 Å². The van der Waals surface area contributed by atoms with Crippen LogP contribution in [0.3, 0.4) is 0 Å². The number of carbonyl (C=O) groups excluding carboxylic acids is 3. The van der Waals surface area contributed by atoms with E-state index in [0.717, 1.165) is 0 Å². The van der Waals surface area contributed by atoms with Crippen molar-refractivity contribution >= 4 is 29.0 Å². The first kappa shape index (κ1) is 34.7. The second-order valence-corrected chi connectivity index (χ2v) is 12.3. The number of urea groups is 1. The Labute approximate surface area is 248 Å². The predicted octanol–water partition coefficient (Wildman–Crippen LogP) is 3.99. The number of Topliss-reactive ketones (excluding diaryl/α,β-unsaturated/α-hetero) is 2. The van der Waals surface area contributed by atoms with Crippen LogP contribution < -0.4 is 30.7 Å². The topological polar surface area (TPSA) is 158 Å². The standard InChI is InChI=1S/C31H46N4O7/c1-19(36)25-13-21(9-11-27(25)41-17-23(38)15-32-30(3,4)5)34-29(40)35-22-10-12-28(26(14-22)20(2)37)42-18-24(39)16-33-31(6,7)8/h9-14,23-24,32-33,38-39H,15-18H2,1-8H3,(H2,34,35,40). The Balaban J connectivity index is 2.03. The summed E-state index contributed by atoms with van der Waals surface area (Å²) in [5, 5.41) is 32.1. The van der Waals surface area contributed by atoms with E-state index in [1.54, 1.807) is 24.3 Å². The van der Waals surface area contributed by atoms with Crippen LogP contribution in [0.5, 0.6) is 11.5 Å². The van der Waals surface area contributed by atoms with Gasteiger partial charge in [-0.15, -0.1) is 0 Å². The number of ether oxygens (including phenoxy) is 2. The fourth-order valence-corrected chi connectivity index (χ4v) is 3.65. The van der Waals surface area contributed by atoms with E-state index in [2.05, 4.69) is 21.3 Å². The summed E-state index contributed by atoms with van der Waals surface area (Å²) < 4.78 is 11.4. The lowest BCUT2D eigenvalue weighted by molar-refractivity contribution is 0.0948. The normalized spacial score (nSPS) is 13.2. The molecule has 0 fully saturated rings. The van der Waals surface area contributed by atoms with Crippen molar-refractivity contribution in [2.45, 2.75) is 78.7 Å². The zero-order valence-electron chi connectivity index (χ0n) is 25.9. The number of aliphatic hydroxyl groups excluding tert-OH is 2. The van der Waals surface area contributed by atoms with Crippen LogP contribution in [0, 0.1) is 0 Å². The van der Waals surface area contributed by atoms with Crippen molar-refractivity contribution in [3.8, 4) is 11.5 Å². The van der Waals surface area contributed by atoms with Crippen LogP contribution in [0.15, 0.2) is 36.4 Å². The number of rotatable bonds is 14. The van der Waals surface area contributed by atoms with Gasteiger partial charge in [-0.05, 0) is 91.8 Å². The lowest BCUT2D eigenvalue weighted by Crippen LogP contribution is -2.42.